The van der Waals surface area contributed by atoms with Crippen LogP contribution in [0.4, 0.5) is 0 Å². The van der Waals surface area contributed by atoms with Gasteiger partial charge in [-0.05, 0) is 39.3 Å². The van der Waals surface area contributed by atoms with Gasteiger partial charge in [0.25, 0.3) is 0 Å². The molecule has 0 spiro atoms. The minimum Gasteiger partial charge on any atom is -0.480 e. The van der Waals surface area contributed by atoms with Crippen molar-refractivity contribution in [2.75, 3.05) is 13.7 Å². The molecule has 1 aromatic rings. The van der Waals surface area contributed by atoms with Crippen molar-refractivity contribution >= 4 is 0 Å². The van der Waals surface area contributed by atoms with Gasteiger partial charge in [0.2, 0.25) is 5.88 Å². The Labute approximate surface area is 103 Å². The first-order valence-electron chi connectivity index (χ1n) is 6.33. The number of likely N-dealkylation sites (tertiary alicyclic amines) is 1. The summed E-state index contributed by atoms with van der Waals surface area (Å²) in [5.41, 5.74) is 1.06. The number of methoxy groups -OCH3 is 1. The molecule has 1 atom stereocenters. The van der Waals surface area contributed by atoms with Gasteiger partial charge in [0, 0.05) is 24.6 Å². The van der Waals surface area contributed by atoms with Crippen molar-refractivity contribution in [2.24, 2.45) is 0 Å². The number of aromatic nitrogens is 2. The Morgan fingerprint density at radius 2 is 2.24 bits per heavy atom. The average Bonchev–Trinajstić information content (AvgIpc) is 2.78. The largest absolute Gasteiger partial charge is 0.480 e. The maximum Gasteiger partial charge on any atom is 0.233 e. The third-order valence-electron chi connectivity index (χ3n) is 3.44. The normalized spacial score (nSPS) is 21.1. The lowest BCUT2D eigenvalue weighted by molar-refractivity contribution is 0.201. The Kier molecular flexibility index (Phi) is 3.94. The average molecular weight is 235 g/mol. The Morgan fingerprint density at radius 1 is 1.41 bits per heavy atom. The van der Waals surface area contributed by atoms with Crippen LogP contribution in [-0.2, 0) is 6.42 Å². The third-order valence-corrected chi connectivity index (χ3v) is 3.44. The maximum atomic E-state index is 5.01. The summed E-state index contributed by atoms with van der Waals surface area (Å²) in [6.07, 6.45) is 3.56. The van der Waals surface area contributed by atoms with Gasteiger partial charge in [0.05, 0.1) is 12.8 Å². The van der Waals surface area contributed by atoms with Crippen molar-refractivity contribution in [3.63, 3.8) is 0 Å². The molecule has 94 valence electrons. The summed E-state index contributed by atoms with van der Waals surface area (Å²) in [7, 11) is 1.61. The lowest BCUT2D eigenvalue weighted by Crippen LogP contribution is -2.36. The SMILES string of the molecule is COc1ccc(CC2CCCN2C(C)C)nn1. The van der Waals surface area contributed by atoms with E-state index in [2.05, 4.69) is 28.9 Å². The molecule has 0 amide bonds. The molecule has 0 bridgehead atoms. The molecule has 1 aliphatic heterocycles. The molecule has 1 aliphatic rings. The molecule has 2 heterocycles. The molecule has 0 saturated carbocycles. The van der Waals surface area contributed by atoms with E-state index in [0.717, 1.165) is 12.1 Å². The standard InChI is InChI=1S/C13H21N3O/c1-10(2)16-8-4-5-12(16)9-11-6-7-13(17-3)15-14-11/h6-7,10,12H,4-5,8-9H2,1-3H3. The fourth-order valence-corrected chi connectivity index (χ4v) is 2.56. The van der Waals surface area contributed by atoms with Gasteiger partial charge in [0.15, 0.2) is 0 Å². The first-order valence-corrected chi connectivity index (χ1v) is 6.33. The Balaban J connectivity index is 1.99. The van der Waals surface area contributed by atoms with Gasteiger partial charge in [-0.1, -0.05) is 0 Å². The van der Waals surface area contributed by atoms with Crippen LogP contribution in [0.5, 0.6) is 5.88 Å². The fourth-order valence-electron chi connectivity index (χ4n) is 2.56. The zero-order chi connectivity index (χ0) is 12.3. The van der Waals surface area contributed by atoms with Crippen molar-refractivity contribution in [3.05, 3.63) is 17.8 Å². The van der Waals surface area contributed by atoms with Gasteiger partial charge in [-0.25, -0.2) is 0 Å². The van der Waals surface area contributed by atoms with Crippen LogP contribution in [0.25, 0.3) is 0 Å². The monoisotopic (exact) mass is 235 g/mol. The number of ether oxygens (including phenoxy) is 1. The van der Waals surface area contributed by atoms with E-state index in [9.17, 15) is 0 Å². The van der Waals surface area contributed by atoms with E-state index >= 15 is 0 Å². The minimum absolute atomic E-state index is 0.584. The van der Waals surface area contributed by atoms with Crippen molar-refractivity contribution in [1.82, 2.24) is 15.1 Å². The van der Waals surface area contributed by atoms with Crippen LogP contribution < -0.4 is 4.74 Å². The second kappa shape index (κ2) is 5.45. The molecule has 0 radical (unpaired) electrons. The predicted octanol–water partition coefficient (Wildman–Crippen LogP) is 1.90. The highest BCUT2D eigenvalue weighted by Crippen LogP contribution is 2.22. The maximum absolute atomic E-state index is 5.01. The Morgan fingerprint density at radius 3 is 2.82 bits per heavy atom. The first-order chi connectivity index (χ1) is 8.20. The van der Waals surface area contributed by atoms with Crippen molar-refractivity contribution < 1.29 is 4.74 Å². The second-order valence-corrected chi connectivity index (χ2v) is 4.90. The lowest BCUT2D eigenvalue weighted by atomic mass is 10.1. The molecular formula is C13H21N3O. The van der Waals surface area contributed by atoms with Gasteiger partial charge >= 0.3 is 0 Å². The Bertz CT molecular complexity index is 350. The van der Waals surface area contributed by atoms with Crippen LogP contribution in [0.2, 0.25) is 0 Å². The van der Waals surface area contributed by atoms with E-state index in [0.29, 0.717) is 18.0 Å². The Hall–Kier alpha value is -1.16. The number of nitrogens with zero attached hydrogens (tertiary/aromatic N) is 3. The van der Waals surface area contributed by atoms with E-state index in [1.54, 1.807) is 7.11 Å². The zero-order valence-electron chi connectivity index (χ0n) is 10.9. The van der Waals surface area contributed by atoms with Gasteiger partial charge < -0.3 is 4.74 Å². The highest BCUT2D eigenvalue weighted by atomic mass is 16.5. The van der Waals surface area contributed by atoms with Gasteiger partial charge in [-0.3, -0.25) is 4.90 Å². The summed E-state index contributed by atoms with van der Waals surface area (Å²) < 4.78 is 5.01. The molecule has 4 nitrogen and oxygen atoms in total. The van der Waals surface area contributed by atoms with E-state index in [4.69, 9.17) is 4.74 Å². The lowest BCUT2D eigenvalue weighted by Gasteiger charge is -2.27. The molecule has 0 aliphatic carbocycles. The molecule has 2 rings (SSSR count). The topological polar surface area (TPSA) is 38.2 Å². The third kappa shape index (κ3) is 2.94. The number of hydrogen-bond donors (Lipinski definition) is 0. The van der Waals surface area contributed by atoms with Crippen LogP contribution in [0.3, 0.4) is 0 Å². The van der Waals surface area contributed by atoms with Crippen LogP contribution in [0.1, 0.15) is 32.4 Å². The van der Waals surface area contributed by atoms with Crippen LogP contribution >= 0.6 is 0 Å². The smallest absolute Gasteiger partial charge is 0.233 e. The quantitative estimate of drug-likeness (QED) is 0.799. The summed E-state index contributed by atoms with van der Waals surface area (Å²) in [4.78, 5) is 2.56. The fraction of sp³-hybridized carbons (Fsp3) is 0.692. The molecule has 0 aromatic carbocycles. The molecule has 1 aromatic heterocycles. The minimum atomic E-state index is 0.584. The van der Waals surface area contributed by atoms with Crippen LogP contribution in [0, 0.1) is 0 Å². The summed E-state index contributed by atoms with van der Waals surface area (Å²) in [6.45, 7) is 5.74. The van der Waals surface area contributed by atoms with E-state index in [1.165, 1.54) is 19.4 Å². The molecule has 4 heteroatoms. The molecular weight excluding hydrogens is 214 g/mol. The van der Waals surface area contributed by atoms with Gasteiger partial charge in [-0.2, -0.15) is 5.10 Å². The molecule has 1 unspecified atom stereocenters. The van der Waals surface area contributed by atoms with Crippen molar-refractivity contribution in [1.29, 1.82) is 0 Å². The number of hydrogen-bond acceptors (Lipinski definition) is 4. The zero-order valence-corrected chi connectivity index (χ0v) is 10.9. The first kappa shape index (κ1) is 12.3. The van der Waals surface area contributed by atoms with Gasteiger partial charge in [0.1, 0.15) is 0 Å². The summed E-state index contributed by atoms with van der Waals surface area (Å²) >= 11 is 0. The molecule has 0 N–H and O–H groups in total. The van der Waals surface area contributed by atoms with Crippen LogP contribution in [-0.4, -0.2) is 40.8 Å². The number of rotatable bonds is 4. The predicted molar refractivity (Wildman–Crippen MR) is 67.2 cm³/mol. The molecule has 1 saturated heterocycles. The van der Waals surface area contributed by atoms with Crippen molar-refractivity contribution in [3.8, 4) is 5.88 Å². The summed E-state index contributed by atoms with van der Waals surface area (Å²) in [5, 5.41) is 8.22. The molecule has 1 fully saturated rings. The second-order valence-electron chi connectivity index (χ2n) is 4.90. The highest BCUT2D eigenvalue weighted by molar-refractivity contribution is 5.12. The summed E-state index contributed by atoms with van der Waals surface area (Å²) in [5.74, 6) is 0.584. The van der Waals surface area contributed by atoms with E-state index in [1.807, 2.05) is 12.1 Å². The van der Waals surface area contributed by atoms with E-state index in [-0.39, 0.29) is 0 Å². The van der Waals surface area contributed by atoms with Gasteiger partial charge in [-0.15, -0.1) is 5.10 Å². The van der Waals surface area contributed by atoms with Crippen LogP contribution in [0.15, 0.2) is 12.1 Å². The van der Waals surface area contributed by atoms with E-state index < -0.39 is 0 Å². The molecule has 17 heavy (non-hydrogen) atoms. The summed E-state index contributed by atoms with van der Waals surface area (Å²) in [6, 6.07) is 5.14. The highest BCUT2D eigenvalue weighted by Gasteiger charge is 2.26. The van der Waals surface area contributed by atoms with Crippen molar-refractivity contribution in [2.45, 2.75) is 45.2 Å².